The number of nitrogens with one attached hydrogen (secondary N) is 2. The summed E-state index contributed by atoms with van der Waals surface area (Å²) in [6, 6.07) is 7.50. The lowest BCUT2D eigenvalue weighted by molar-refractivity contribution is -0.137. The topological polar surface area (TPSA) is 58.2 Å². The standard InChI is InChI=1S/C15H22N2O2/c1-10(2)11-6-8-12(9-7-11)16-13(18)14(19)17-15(3,4)5/h6-10H,1-5H3,(H,16,18)(H,17,19). The van der Waals surface area contributed by atoms with E-state index >= 15 is 0 Å². The number of benzene rings is 1. The first-order valence-electron chi connectivity index (χ1n) is 6.42. The molecule has 0 bridgehead atoms. The summed E-state index contributed by atoms with van der Waals surface area (Å²) >= 11 is 0. The van der Waals surface area contributed by atoms with E-state index in [1.807, 2.05) is 32.9 Å². The molecule has 0 aliphatic heterocycles. The Labute approximate surface area is 114 Å². The normalized spacial score (nSPS) is 11.3. The zero-order chi connectivity index (χ0) is 14.6. The Morgan fingerprint density at radius 1 is 1.00 bits per heavy atom. The summed E-state index contributed by atoms with van der Waals surface area (Å²) < 4.78 is 0. The van der Waals surface area contributed by atoms with Gasteiger partial charge < -0.3 is 10.6 Å². The van der Waals surface area contributed by atoms with Crippen molar-refractivity contribution in [1.29, 1.82) is 0 Å². The van der Waals surface area contributed by atoms with Crippen molar-refractivity contribution in [1.82, 2.24) is 5.32 Å². The Morgan fingerprint density at radius 2 is 1.53 bits per heavy atom. The average molecular weight is 262 g/mol. The molecule has 0 unspecified atom stereocenters. The molecule has 4 heteroatoms. The fraction of sp³-hybridized carbons (Fsp3) is 0.467. The van der Waals surface area contributed by atoms with Gasteiger partial charge in [0.15, 0.2) is 0 Å². The molecule has 4 nitrogen and oxygen atoms in total. The lowest BCUT2D eigenvalue weighted by atomic mass is 10.0. The molecule has 1 rings (SSSR count). The molecule has 2 amide bonds. The largest absolute Gasteiger partial charge is 0.343 e. The highest BCUT2D eigenvalue weighted by atomic mass is 16.2. The van der Waals surface area contributed by atoms with E-state index in [0.717, 1.165) is 0 Å². The Morgan fingerprint density at radius 3 is 1.95 bits per heavy atom. The minimum atomic E-state index is -0.646. The first-order chi connectivity index (χ1) is 8.69. The second-order valence-electron chi connectivity index (χ2n) is 5.93. The van der Waals surface area contributed by atoms with Gasteiger partial charge in [-0.25, -0.2) is 0 Å². The maximum Gasteiger partial charge on any atom is 0.313 e. The molecule has 0 aliphatic rings. The van der Waals surface area contributed by atoms with E-state index in [4.69, 9.17) is 0 Å². The minimum absolute atomic E-state index is 0.421. The predicted molar refractivity (Wildman–Crippen MR) is 77.1 cm³/mol. The van der Waals surface area contributed by atoms with Crippen molar-refractivity contribution in [3.05, 3.63) is 29.8 Å². The summed E-state index contributed by atoms with van der Waals surface area (Å²) in [5, 5.41) is 5.20. The molecule has 1 aromatic rings. The summed E-state index contributed by atoms with van der Waals surface area (Å²) in [6.45, 7) is 9.69. The van der Waals surface area contributed by atoms with Crippen molar-refractivity contribution >= 4 is 17.5 Å². The second kappa shape index (κ2) is 5.87. The number of anilines is 1. The molecular weight excluding hydrogens is 240 g/mol. The van der Waals surface area contributed by atoms with E-state index in [9.17, 15) is 9.59 Å². The highest BCUT2D eigenvalue weighted by Gasteiger charge is 2.20. The summed E-state index contributed by atoms with van der Waals surface area (Å²) in [5.74, 6) is -0.832. The number of hydrogen-bond donors (Lipinski definition) is 2. The highest BCUT2D eigenvalue weighted by Crippen LogP contribution is 2.17. The Balaban J connectivity index is 2.64. The van der Waals surface area contributed by atoms with Crippen LogP contribution < -0.4 is 10.6 Å². The van der Waals surface area contributed by atoms with E-state index in [1.165, 1.54) is 5.56 Å². The molecular formula is C15H22N2O2. The first kappa shape index (κ1) is 15.2. The Hall–Kier alpha value is -1.84. The third-order valence-electron chi connectivity index (χ3n) is 2.53. The van der Waals surface area contributed by atoms with Gasteiger partial charge in [-0.1, -0.05) is 26.0 Å². The van der Waals surface area contributed by atoms with Crippen LogP contribution in [0.4, 0.5) is 5.69 Å². The van der Waals surface area contributed by atoms with E-state index in [2.05, 4.69) is 24.5 Å². The van der Waals surface area contributed by atoms with Crippen LogP contribution in [0, 0.1) is 0 Å². The zero-order valence-corrected chi connectivity index (χ0v) is 12.2. The number of carbonyl (C=O) groups excluding carboxylic acids is 2. The second-order valence-corrected chi connectivity index (χ2v) is 5.93. The number of hydrogen-bond acceptors (Lipinski definition) is 2. The minimum Gasteiger partial charge on any atom is -0.343 e. The number of carbonyl (C=O) groups is 2. The van der Waals surface area contributed by atoms with Gasteiger partial charge in [-0.3, -0.25) is 9.59 Å². The van der Waals surface area contributed by atoms with Gasteiger partial charge in [-0.05, 0) is 44.4 Å². The lowest BCUT2D eigenvalue weighted by Crippen LogP contribution is -2.46. The van der Waals surface area contributed by atoms with Crippen LogP contribution in [0.3, 0.4) is 0 Å². The van der Waals surface area contributed by atoms with Gasteiger partial charge in [0.05, 0.1) is 0 Å². The van der Waals surface area contributed by atoms with Crippen LogP contribution in [0.15, 0.2) is 24.3 Å². The molecule has 0 aromatic heterocycles. The van der Waals surface area contributed by atoms with Crippen molar-refractivity contribution in [3.63, 3.8) is 0 Å². The van der Waals surface area contributed by atoms with Crippen molar-refractivity contribution < 1.29 is 9.59 Å². The van der Waals surface area contributed by atoms with Gasteiger partial charge in [-0.2, -0.15) is 0 Å². The van der Waals surface area contributed by atoms with Crippen LogP contribution in [-0.2, 0) is 9.59 Å². The van der Waals surface area contributed by atoms with Crippen LogP contribution >= 0.6 is 0 Å². The fourth-order valence-electron chi connectivity index (χ4n) is 1.54. The lowest BCUT2D eigenvalue weighted by Gasteiger charge is -2.19. The van der Waals surface area contributed by atoms with Crippen LogP contribution in [0.5, 0.6) is 0 Å². The van der Waals surface area contributed by atoms with Crippen LogP contribution in [0.2, 0.25) is 0 Å². The average Bonchev–Trinajstić information content (AvgIpc) is 2.27. The van der Waals surface area contributed by atoms with Crippen molar-refractivity contribution in [2.24, 2.45) is 0 Å². The molecule has 0 heterocycles. The van der Waals surface area contributed by atoms with Crippen LogP contribution in [0.25, 0.3) is 0 Å². The molecule has 0 saturated carbocycles. The molecule has 19 heavy (non-hydrogen) atoms. The van der Waals surface area contributed by atoms with E-state index in [-0.39, 0.29) is 0 Å². The third-order valence-corrected chi connectivity index (χ3v) is 2.53. The van der Waals surface area contributed by atoms with Gasteiger partial charge in [0.2, 0.25) is 0 Å². The van der Waals surface area contributed by atoms with Crippen LogP contribution in [0.1, 0.15) is 46.1 Å². The maximum absolute atomic E-state index is 11.7. The summed E-state index contributed by atoms with van der Waals surface area (Å²) in [4.78, 5) is 23.3. The quantitative estimate of drug-likeness (QED) is 0.805. The molecule has 0 fully saturated rings. The molecule has 0 radical (unpaired) electrons. The van der Waals surface area contributed by atoms with E-state index < -0.39 is 17.4 Å². The molecule has 0 saturated heterocycles. The third kappa shape index (κ3) is 5.12. The van der Waals surface area contributed by atoms with Gasteiger partial charge in [0.1, 0.15) is 0 Å². The van der Waals surface area contributed by atoms with Crippen molar-refractivity contribution in [2.75, 3.05) is 5.32 Å². The molecule has 0 spiro atoms. The summed E-state index contributed by atoms with van der Waals surface area (Å²) in [5.41, 5.74) is 1.39. The Kier molecular flexibility index (Phi) is 4.70. The van der Waals surface area contributed by atoms with Gasteiger partial charge in [-0.15, -0.1) is 0 Å². The van der Waals surface area contributed by atoms with Crippen molar-refractivity contribution in [3.8, 4) is 0 Å². The summed E-state index contributed by atoms with van der Waals surface area (Å²) in [7, 11) is 0. The van der Waals surface area contributed by atoms with Gasteiger partial charge >= 0.3 is 11.8 Å². The first-order valence-corrected chi connectivity index (χ1v) is 6.42. The van der Waals surface area contributed by atoms with E-state index in [1.54, 1.807) is 12.1 Å². The van der Waals surface area contributed by atoms with Gasteiger partial charge in [0.25, 0.3) is 0 Å². The molecule has 1 aromatic carbocycles. The van der Waals surface area contributed by atoms with Gasteiger partial charge in [0, 0.05) is 11.2 Å². The molecule has 2 N–H and O–H groups in total. The zero-order valence-electron chi connectivity index (χ0n) is 12.2. The van der Waals surface area contributed by atoms with Crippen molar-refractivity contribution in [2.45, 2.75) is 46.1 Å². The van der Waals surface area contributed by atoms with Crippen LogP contribution in [-0.4, -0.2) is 17.4 Å². The summed E-state index contributed by atoms with van der Waals surface area (Å²) in [6.07, 6.45) is 0. The predicted octanol–water partition coefficient (Wildman–Crippen LogP) is 2.66. The monoisotopic (exact) mass is 262 g/mol. The maximum atomic E-state index is 11.7. The highest BCUT2D eigenvalue weighted by molar-refractivity contribution is 6.39. The molecule has 0 atom stereocenters. The SMILES string of the molecule is CC(C)c1ccc(NC(=O)C(=O)NC(C)(C)C)cc1. The number of amides is 2. The van der Waals surface area contributed by atoms with E-state index in [0.29, 0.717) is 11.6 Å². The molecule has 104 valence electrons. The Bertz CT molecular complexity index is 456. The molecule has 0 aliphatic carbocycles. The fourth-order valence-corrected chi connectivity index (χ4v) is 1.54. The smallest absolute Gasteiger partial charge is 0.313 e. The number of rotatable bonds is 2.